The molecular formula is C10H14F3N3S. The molecule has 0 aliphatic heterocycles. The molecular weight excluding hydrogens is 251 g/mol. The first-order valence-corrected chi connectivity index (χ1v) is 6.50. The molecule has 0 fully saturated rings. The van der Waals surface area contributed by atoms with Crippen LogP contribution in [0.25, 0.3) is 0 Å². The summed E-state index contributed by atoms with van der Waals surface area (Å²) in [6, 6.07) is 0. The van der Waals surface area contributed by atoms with E-state index in [9.17, 15) is 13.2 Å². The Kier molecular flexibility index (Phi) is 5.20. The van der Waals surface area contributed by atoms with Crippen molar-refractivity contribution in [2.45, 2.75) is 25.4 Å². The molecule has 0 bridgehead atoms. The fourth-order valence-corrected chi connectivity index (χ4v) is 1.67. The van der Waals surface area contributed by atoms with E-state index in [1.165, 1.54) is 18.0 Å². The molecule has 96 valence electrons. The van der Waals surface area contributed by atoms with Crippen LogP contribution in [-0.4, -0.2) is 22.8 Å². The average molecular weight is 265 g/mol. The van der Waals surface area contributed by atoms with Crippen LogP contribution in [0.5, 0.6) is 0 Å². The molecule has 1 aromatic rings. The Morgan fingerprint density at radius 3 is 2.65 bits per heavy atom. The fourth-order valence-electron chi connectivity index (χ4n) is 1.28. The Morgan fingerprint density at radius 2 is 2.12 bits per heavy atom. The molecule has 17 heavy (non-hydrogen) atoms. The molecule has 0 aliphatic carbocycles. The minimum atomic E-state index is -4.43. The highest BCUT2D eigenvalue weighted by atomic mass is 32.2. The van der Waals surface area contributed by atoms with Crippen LogP contribution < -0.4 is 5.32 Å². The van der Waals surface area contributed by atoms with Gasteiger partial charge in [0.2, 0.25) is 0 Å². The first-order chi connectivity index (χ1) is 7.99. The van der Waals surface area contributed by atoms with Crippen LogP contribution in [0.2, 0.25) is 0 Å². The molecule has 0 unspecified atom stereocenters. The third-order valence-electron chi connectivity index (χ3n) is 2.02. The molecule has 0 saturated heterocycles. The van der Waals surface area contributed by atoms with Crippen LogP contribution in [0.4, 0.5) is 13.2 Å². The molecule has 7 heteroatoms. The lowest BCUT2D eigenvalue weighted by Crippen LogP contribution is -2.20. The van der Waals surface area contributed by atoms with Gasteiger partial charge in [-0.3, -0.25) is 0 Å². The molecule has 0 atom stereocenters. The molecule has 0 aromatic carbocycles. The van der Waals surface area contributed by atoms with Crippen molar-refractivity contribution in [3.05, 3.63) is 23.3 Å². The van der Waals surface area contributed by atoms with Crippen LogP contribution in [0.3, 0.4) is 0 Å². The lowest BCUT2D eigenvalue weighted by Gasteiger charge is -2.12. The van der Waals surface area contributed by atoms with Crippen molar-refractivity contribution in [2.24, 2.45) is 0 Å². The third kappa shape index (κ3) is 4.16. The van der Waals surface area contributed by atoms with Crippen molar-refractivity contribution in [2.75, 3.05) is 12.8 Å². The van der Waals surface area contributed by atoms with E-state index in [0.29, 0.717) is 12.3 Å². The molecule has 0 amide bonds. The van der Waals surface area contributed by atoms with Gasteiger partial charge in [0, 0.05) is 18.3 Å². The third-order valence-corrected chi connectivity index (χ3v) is 2.57. The van der Waals surface area contributed by atoms with Gasteiger partial charge in [0.05, 0.1) is 5.75 Å². The summed E-state index contributed by atoms with van der Waals surface area (Å²) < 4.78 is 38.3. The van der Waals surface area contributed by atoms with Crippen LogP contribution >= 0.6 is 11.8 Å². The second-order valence-electron chi connectivity index (χ2n) is 3.37. The maximum atomic E-state index is 12.8. The number of hydrogen-bond acceptors (Lipinski definition) is 4. The predicted octanol–water partition coefficient (Wildman–Crippen LogP) is 2.47. The fraction of sp³-hybridized carbons (Fsp3) is 0.600. The van der Waals surface area contributed by atoms with E-state index in [0.717, 1.165) is 0 Å². The molecule has 1 aromatic heterocycles. The monoisotopic (exact) mass is 265 g/mol. The quantitative estimate of drug-likeness (QED) is 0.887. The number of thioether (sulfide) groups is 1. The Bertz CT molecular complexity index is 368. The zero-order valence-corrected chi connectivity index (χ0v) is 10.5. The van der Waals surface area contributed by atoms with Crippen LogP contribution in [0.1, 0.15) is 24.0 Å². The number of hydrogen-bond donors (Lipinski definition) is 1. The van der Waals surface area contributed by atoms with Gasteiger partial charge >= 0.3 is 6.18 Å². The maximum Gasteiger partial charge on any atom is 0.433 e. The van der Waals surface area contributed by atoms with Gasteiger partial charge in [-0.2, -0.15) is 24.9 Å². The van der Waals surface area contributed by atoms with Crippen molar-refractivity contribution in [1.29, 1.82) is 0 Å². The molecule has 0 radical (unpaired) electrons. The first-order valence-electron chi connectivity index (χ1n) is 5.10. The van der Waals surface area contributed by atoms with Gasteiger partial charge in [-0.1, -0.05) is 6.92 Å². The van der Waals surface area contributed by atoms with E-state index < -0.39 is 11.9 Å². The normalized spacial score (nSPS) is 11.8. The lowest BCUT2D eigenvalue weighted by atomic mass is 10.2. The summed E-state index contributed by atoms with van der Waals surface area (Å²) in [5.41, 5.74) is -0.748. The minimum Gasteiger partial charge on any atom is -0.313 e. The summed E-state index contributed by atoms with van der Waals surface area (Å²) in [5, 5.41) is 2.84. The van der Waals surface area contributed by atoms with E-state index >= 15 is 0 Å². The predicted molar refractivity (Wildman–Crippen MR) is 61.6 cm³/mol. The van der Waals surface area contributed by atoms with E-state index in [1.54, 1.807) is 6.26 Å². The van der Waals surface area contributed by atoms with Crippen molar-refractivity contribution in [1.82, 2.24) is 15.3 Å². The highest BCUT2D eigenvalue weighted by molar-refractivity contribution is 7.97. The molecule has 0 saturated carbocycles. The van der Waals surface area contributed by atoms with Gasteiger partial charge in [-0.05, 0) is 12.8 Å². The number of nitrogens with zero attached hydrogens (tertiary/aromatic N) is 2. The van der Waals surface area contributed by atoms with Crippen LogP contribution in [-0.2, 0) is 18.5 Å². The summed E-state index contributed by atoms with van der Waals surface area (Å²) in [4.78, 5) is 7.51. The van der Waals surface area contributed by atoms with Gasteiger partial charge in [-0.25, -0.2) is 9.97 Å². The summed E-state index contributed by atoms with van der Waals surface area (Å²) in [5.74, 6) is 0.593. The number of nitrogens with one attached hydrogen (secondary N) is 1. The topological polar surface area (TPSA) is 37.8 Å². The van der Waals surface area contributed by atoms with Gasteiger partial charge in [0.15, 0.2) is 5.69 Å². The lowest BCUT2D eigenvalue weighted by molar-refractivity contribution is -0.142. The van der Waals surface area contributed by atoms with E-state index in [1.807, 2.05) is 6.92 Å². The van der Waals surface area contributed by atoms with Gasteiger partial charge in [0.25, 0.3) is 0 Å². The molecule has 1 rings (SSSR count). The largest absolute Gasteiger partial charge is 0.433 e. The zero-order valence-electron chi connectivity index (χ0n) is 9.64. The van der Waals surface area contributed by atoms with Crippen LogP contribution in [0, 0.1) is 0 Å². The van der Waals surface area contributed by atoms with E-state index in [2.05, 4.69) is 15.3 Å². The van der Waals surface area contributed by atoms with E-state index in [4.69, 9.17) is 0 Å². The second kappa shape index (κ2) is 6.20. The Morgan fingerprint density at radius 1 is 1.41 bits per heavy atom. The summed E-state index contributed by atoms with van der Waals surface area (Å²) >= 11 is 1.39. The molecule has 0 spiro atoms. The SMILES string of the molecule is CCNCc1cnc(CSC)nc1C(F)(F)F. The molecule has 0 aliphatic rings. The Hall–Kier alpha value is -0.820. The van der Waals surface area contributed by atoms with Gasteiger partial charge < -0.3 is 5.32 Å². The maximum absolute atomic E-state index is 12.8. The Balaban J connectivity index is 3.03. The van der Waals surface area contributed by atoms with Crippen molar-refractivity contribution in [3.63, 3.8) is 0 Å². The van der Waals surface area contributed by atoms with Crippen molar-refractivity contribution in [3.8, 4) is 0 Å². The summed E-state index contributed by atoms with van der Waals surface area (Å²) in [6.07, 6.45) is -1.38. The standard InChI is InChI=1S/C10H14F3N3S/c1-3-14-4-7-5-15-8(6-17-2)16-9(7)10(11,12)13/h5,14H,3-4,6H2,1-2H3. The number of halogens is 3. The number of rotatable bonds is 5. The van der Waals surface area contributed by atoms with Crippen LogP contribution in [0.15, 0.2) is 6.20 Å². The minimum absolute atomic E-state index is 0.0872. The number of alkyl halides is 3. The zero-order chi connectivity index (χ0) is 12.9. The van der Waals surface area contributed by atoms with Crippen molar-refractivity contribution < 1.29 is 13.2 Å². The molecule has 3 nitrogen and oxygen atoms in total. The Labute approximate surface area is 102 Å². The second-order valence-corrected chi connectivity index (χ2v) is 4.24. The summed E-state index contributed by atoms with van der Waals surface area (Å²) in [7, 11) is 0. The molecule has 1 heterocycles. The molecule has 1 N–H and O–H groups in total. The van der Waals surface area contributed by atoms with Crippen molar-refractivity contribution >= 4 is 11.8 Å². The highest BCUT2D eigenvalue weighted by Crippen LogP contribution is 2.30. The summed E-state index contributed by atoms with van der Waals surface area (Å²) in [6.45, 7) is 2.56. The number of aromatic nitrogens is 2. The van der Waals surface area contributed by atoms with Gasteiger partial charge in [0.1, 0.15) is 5.82 Å². The average Bonchev–Trinajstić information content (AvgIpc) is 2.26. The van der Waals surface area contributed by atoms with E-state index in [-0.39, 0.29) is 17.9 Å². The van der Waals surface area contributed by atoms with Gasteiger partial charge in [-0.15, -0.1) is 0 Å². The smallest absolute Gasteiger partial charge is 0.313 e. The first kappa shape index (κ1) is 14.2. The highest BCUT2D eigenvalue weighted by Gasteiger charge is 2.35.